The van der Waals surface area contributed by atoms with E-state index in [-0.39, 0.29) is 5.95 Å². The van der Waals surface area contributed by atoms with Gasteiger partial charge >= 0.3 is 0 Å². The second-order valence-corrected chi connectivity index (χ2v) is 8.00. The predicted molar refractivity (Wildman–Crippen MR) is 87.9 cm³/mol. The fraction of sp³-hybridized carbons (Fsp3) is 0.412. The van der Waals surface area contributed by atoms with Crippen molar-refractivity contribution in [2.45, 2.75) is 49.3 Å². The first-order chi connectivity index (χ1) is 11.1. The summed E-state index contributed by atoms with van der Waals surface area (Å²) in [5, 5.41) is 0. The Hall–Kier alpha value is -1.95. The number of hydrogen-bond acceptors (Lipinski definition) is 4. The summed E-state index contributed by atoms with van der Waals surface area (Å²) in [6, 6.07) is 7.26. The summed E-state index contributed by atoms with van der Waals surface area (Å²) < 4.78 is 27.7. The standard InChI is InChI=1S/C17H19N3O2S/c21-23(22,15-8-7-12-3-1-2-4-14(12)11-15)20-17-18-10-9-16(19-17)13-5-6-13/h7-11,13H,1-6H2,(H,18,19,20). The van der Waals surface area contributed by atoms with Crippen LogP contribution >= 0.6 is 0 Å². The molecule has 0 amide bonds. The lowest BCUT2D eigenvalue weighted by Crippen LogP contribution is -2.16. The summed E-state index contributed by atoms with van der Waals surface area (Å²) in [4.78, 5) is 8.67. The molecule has 6 heteroatoms. The number of aryl methyl sites for hydroxylation is 2. The van der Waals surface area contributed by atoms with Crippen molar-refractivity contribution in [3.63, 3.8) is 0 Å². The van der Waals surface area contributed by atoms with Crippen LogP contribution in [0.2, 0.25) is 0 Å². The lowest BCUT2D eigenvalue weighted by atomic mass is 9.92. The number of nitrogens with zero attached hydrogens (tertiary/aromatic N) is 2. The molecule has 2 aromatic rings. The van der Waals surface area contributed by atoms with Crippen molar-refractivity contribution in [3.05, 3.63) is 47.3 Å². The molecule has 1 fully saturated rings. The van der Waals surface area contributed by atoms with E-state index in [1.807, 2.05) is 12.1 Å². The van der Waals surface area contributed by atoms with Gasteiger partial charge in [-0.3, -0.25) is 0 Å². The summed E-state index contributed by atoms with van der Waals surface area (Å²) in [5.74, 6) is 0.622. The zero-order valence-electron chi connectivity index (χ0n) is 12.8. The molecule has 1 aromatic heterocycles. The Labute approximate surface area is 136 Å². The fourth-order valence-corrected chi connectivity index (χ4v) is 4.09. The van der Waals surface area contributed by atoms with E-state index in [1.165, 1.54) is 12.0 Å². The van der Waals surface area contributed by atoms with E-state index in [4.69, 9.17) is 0 Å². The molecular weight excluding hydrogens is 310 g/mol. The van der Waals surface area contributed by atoms with Crippen LogP contribution in [0.4, 0.5) is 5.95 Å². The highest BCUT2D eigenvalue weighted by atomic mass is 32.2. The molecule has 0 radical (unpaired) electrons. The number of fused-ring (bicyclic) bond motifs is 1. The molecule has 23 heavy (non-hydrogen) atoms. The maximum atomic E-state index is 12.6. The highest BCUT2D eigenvalue weighted by molar-refractivity contribution is 7.92. The Morgan fingerprint density at radius 3 is 2.61 bits per heavy atom. The third-order valence-electron chi connectivity index (χ3n) is 4.53. The summed E-state index contributed by atoms with van der Waals surface area (Å²) in [6.07, 6.45) is 8.14. The van der Waals surface area contributed by atoms with Crippen LogP contribution in [0.1, 0.15) is 48.4 Å². The van der Waals surface area contributed by atoms with Gasteiger partial charge < -0.3 is 0 Å². The fourth-order valence-electron chi connectivity index (χ4n) is 3.08. The summed E-state index contributed by atoms with van der Waals surface area (Å²) >= 11 is 0. The maximum Gasteiger partial charge on any atom is 0.264 e. The smallest absolute Gasteiger partial charge is 0.247 e. The highest BCUT2D eigenvalue weighted by Gasteiger charge is 2.26. The molecule has 0 aliphatic heterocycles. The van der Waals surface area contributed by atoms with Gasteiger partial charge in [-0.1, -0.05) is 6.07 Å². The van der Waals surface area contributed by atoms with Crippen LogP contribution in [0, 0.1) is 0 Å². The van der Waals surface area contributed by atoms with Crippen molar-refractivity contribution in [2.75, 3.05) is 4.72 Å². The number of benzene rings is 1. The van der Waals surface area contributed by atoms with E-state index >= 15 is 0 Å². The molecule has 0 spiro atoms. The number of sulfonamides is 1. The van der Waals surface area contributed by atoms with Gasteiger partial charge in [0.25, 0.3) is 10.0 Å². The molecule has 1 aromatic carbocycles. The van der Waals surface area contributed by atoms with E-state index in [2.05, 4.69) is 14.7 Å². The van der Waals surface area contributed by atoms with E-state index < -0.39 is 10.0 Å². The van der Waals surface area contributed by atoms with Crippen LogP contribution in [0.25, 0.3) is 0 Å². The first-order valence-corrected chi connectivity index (χ1v) is 9.58. The van der Waals surface area contributed by atoms with Gasteiger partial charge in [-0.25, -0.2) is 23.1 Å². The Morgan fingerprint density at radius 2 is 1.83 bits per heavy atom. The van der Waals surface area contributed by atoms with Crippen LogP contribution in [-0.2, 0) is 22.9 Å². The highest BCUT2D eigenvalue weighted by Crippen LogP contribution is 2.39. The molecule has 1 heterocycles. The minimum atomic E-state index is -3.64. The van der Waals surface area contributed by atoms with Gasteiger partial charge in [0.15, 0.2) is 0 Å². The van der Waals surface area contributed by atoms with E-state index in [9.17, 15) is 8.42 Å². The Morgan fingerprint density at radius 1 is 1.04 bits per heavy atom. The number of aromatic nitrogens is 2. The quantitative estimate of drug-likeness (QED) is 0.936. The van der Waals surface area contributed by atoms with Gasteiger partial charge in [0.2, 0.25) is 5.95 Å². The first-order valence-electron chi connectivity index (χ1n) is 8.09. The monoisotopic (exact) mass is 329 g/mol. The van der Waals surface area contributed by atoms with Crippen molar-refractivity contribution >= 4 is 16.0 Å². The lowest BCUT2D eigenvalue weighted by Gasteiger charge is -2.16. The number of rotatable bonds is 4. The van der Waals surface area contributed by atoms with E-state index in [1.54, 1.807) is 18.3 Å². The normalized spacial score (nSPS) is 17.6. The van der Waals surface area contributed by atoms with Crippen LogP contribution in [0.15, 0.2) is 35.4 Å². The van der Waals surface area contributed by atoms with Gasteiger partial charge in [0.1, 0.15) is 0 Å². The third kappa shape index (κ3) is 3.08. The van der Waals surface area contributed by atoms with Gasteiger partial charge in [-0.05, 0) is 67.9 Å². The predicted octanol–water partition coefficient (Wildman–Crippen LogP) is 3.03. The van der Waals surface area contributed by atoms with Gasteiger partial charge in [0.05, 0.1) is 4.90 Å². The van der Waals surface area contributed by atoms with Crippen LogP contribution in [0.5, 0.6) is 0 Å². The van der Waals surface area contributed by atoms with Gasteiger partial charge in [-0.2, -0.15) is 0 Å². The van der Waals surface area contributed by atoms with Crippen molar-refractivity contribution in [1.29, 1.82) is 0 Å². The van der Waals surface area contributed by atoms with Crippen LogP contribution < -0.4 is 4.72 Å². The van der Waals surface area contributed by atoms with E-state index in [0.717, 1.165) is 43.4 Å². The molecule has 0 bridgehead atoms. The number of hydrogen-bond donors (Lipinski definition) is 1. The molecule has 4 rings (SSSR count). The molecule has 0 atom stereocenters. The maximum absolute atomic E-state index is 12.6. The molecule has 2 aliphatic rings. The number of anilines is 1. The van der Waals surface area contributed by atoms with Crippen molar-refractivity contribution in [3.8, 4) is 0 Å². The SMILES string of the molecule is O=S(=O)(Nc1nccc(C2CC2)n1)c1ccc2c(c1)CCCC2. The first kappa shape index (κ1) is 14.6. The molecule has 0 saturated heterocycles. The minimum Gasteiger partial charge on any atom is -0.247 e. The number of nitrogens with one attached hydrogen (secondary N) is 1. The van der Waals surface area contributed by atoms with Crippen molar-refractivity contribution in [2.24, 2.45) is 0 Å². The minimum absolute atomic E-state index is 0.159. The molecule has 5 nitrogen and oxygen atoms in total. The third-order valence-corrected chi connectivity index (χ3v) is 5.85. The van der Waals surface area contributed by atoms with E-state index in [0.29, 0.717) is 10.8 Å². The molecule has 0 unspecified atom stereocenters. The second-order valence-electron chi connectivity index (χ2n) is 6.32. The summed E-state index contributed by atoms with van der Waals surface area (Å²) in [7, 11) is -3.64. The molecule has 1 N–H and O–H groups in total. The molecule has 120 valence electrons. The Bertz CT molecular complexity index is 845. The lowest BCUT2D eigenvalue weighted by molar-refractivity contribution is 0.600. The summed E-state index contributed by atoms with van der Waals surface area (Å²) in [6.45, 7) is 0. The zero-order valence-corrected chi connectivity index (χ0v) is 13.6. The largest absolute Gasteiger partial charge is 0.264 e. The second kappa shape index (κ2) is 5.60. The molecule has 1 saturated carbocycles. The Kier molecular flexibility index (Phi) is 3.56. The Balaban J connectivity index is 1.61. The van der Waals surface area contributed by atoms with Crippen LogP contribution in [-0.4, -0.2) is 18.4 Å². The molecular formula is C17H19N3O2S. The van der Waals surface area contributed by atoms with Crippen molar-refractivity contribution < 1.29 is 8.42 Å². The summed E-state index contributed by atoms with van der Waals surface area (Å²) in [5.41, 5.74) is 3.33. The zero-order chi connectivity index (χ0) is 15.9. The average Bonchev–Trinajstić information content (AvgIpc) is 3.39. The van der Waals surface area contributed by atoms with Crippen molar-refractivity contribution in [1.82, 2.24) is 9.97 Å². The molecule has 2 aliphatic carbocycles. The topological polar surface area (TPSA) is 72.0 Å². The van der Waals surface area contributed by atoms with Crippen LogP contribution in [0.3, 0.4) is 0 Å². The van der Waals surface area contributed by atoms with Gasteiger partial charge in [0, 0.05) is 17.8 Å². The average molecular weight is 329 g/mol. The van der Waals surface area contributed by atoms with Gasteiger partial charge in [-0.15, -0.1) is 0 Å².